The van der Waals surface area contributed by atoms with Crippen molar-refractivity contribution in [2.24, 2.45) is 0 Å². The van der Waals surface area contributed by atoms with Gasteiger partial charge in [0.05, 0.1) is 31.1 Å². The van der Waals surface area contributed by atoms with Crippen molar-refractivity contribution in [1.82, 2.24) is 24.2 Å². The first kappa shape index (κ1) is 18.4. The Bertz CT molecular complexity index is 1150. The summed E-state index contributed by atoms with van der Waals surface area (Å²) in [6.45, 7) is 4.37. The Kier molecular flexibility index (Phi) is 4.63. The molecule has 8 nitrogen and oxygen atoms in total. The van der Waals surface area contributed by atoms with Crippen LogP contribution in [0.15, 0.2) is 40.4 Å². The second kappa shape index (κ2) is 7.31. The van der Waals surface area contributed by atoms with Crippen molar-refractivity contribution in [3.63, 3.8) is 0 Å². The van der Waals surface area contributed by atoms with Gasteiger partial charge in [0, 0.05) is 25.3 Å². The Hall–Kier alpha value is -2.65. The highest BCUT2D eigenvalue weighted by molar-refractivity contribution is 7.99. The summed E-state index contributed by atoms with van der Waals surface area (Å²) in [4.78, 5) is 32.5. The zero-order valence-electron chi connectivity index (χ0n) is 16.1. The molecule has 2 aromatic heterocycles. The van der Waals surface area contributed by atoms with Crippen LogP contribution in [-0.2, 0) is 9.53 Å². The number of fused-ring (bicyclic) bond motifs is 2. The van der Waals surface area contributed by atoms with Gasteiger partial charge in [0.1, 0.15) is 5.39 Å². The first-order valence-corrected chi connectivity index (χ1v) is 10.7. The number of hydrogen-bond donors (Lipinski definition) is 0. The molecule has 9 heteroatoms. The molecule has 1 atom stereocenters. The van der Waals surface area contributed by atoms with Gasteiger partial charge in [-0.05, 0) is 18.6 Å². The first-order chi connectivity index (χ1) is 14.1. The van der Waals surface area contributed by atoms with E-state index in [1.165, 1.54) is 11.8 Å². The van der Waals surface area contributed by atoms with Crippen LogP contribution in [0.1, 0.15) is 18.0 Å². The Morgan fingerprint density at radius 3 is 2.86 bits per heavy atom. The zero-order chi connectivity index (χ0) is 20.0. The molecule has 0 bridgehead atoms. The van der Waals surface area contributed by atoms with Crippen molar-refractivity contribution in [3.05, 3.63) is 46.4 Å². The highest BCUT2D eigenvalue weighted by Crippen LogP contribution is 2.34. The van der Waals surface area contributed by atoms with Crippen LogP contribution >= 0.6 is 11.8 Å². The van der Waals surface area contributed by atoms with Crippen LogP contribution in [0.2, 0.25) is 0 Å². The largest absolute Gasteiger partial charge is 0.378 e. The molecule has 3 aromatic rings. The summed E-state index contributed by atoms with van der Waals surface area (Å²) < 4.78 is 8.72. The van der Waals surface area contributed by atoms with Gasteiger partial charge in [0.25, 0.3) is 5.56 Å². The fourth-order valence-corrected chi connectivity index (χ4v) is 5.03. The summed E-state index contributed by atoms with van der Waals surface area (Å²) in [6.07, 6.45) is 1.88. The quantitative estimate of drug-likeness (QED) is 0.611. The molecule has 1 amide bonds. The SMILES string of the molecule is Cc1ccccc1-n1ncc2c(=O)n3c(nc21)SCC3CC(=O)N1CCOCC1. The molecule has 4 heterocycles. The van der Waals surface area contributed by atoms with Crippen molar-refractivity contribution in [3.8, 4) is 5.69 Å². The molecule has 29 heavy (non-hydrogen) atoms. The minimum Gasteiger partial charge on any atom is -0.378 e. The van der Waals surface area contributed by atoms with E-state index < -0.39 is 0 Å². The van der Waals surface area contributed by atoms with E-state index in [-0.39, 0.29) is 17.5 Å². The predicted octanol–water partition coefficient (Wildman–Crippen LogP) is 1.79. The Morgan fingerprint density at radius 2 is 2.07 bits per heavy atom. The number of thioether (sulfide) groups is 1. The van der Waals surface area contributed by atoms with Crippen LogP contribution in [0.4, 0.5) is 0 Å². The number of para-hydroxylation sites is 1. The number of aromatic nitrogens is 4. The summed E-state index contributed by atoms with van der Waals surface area (Å²) >= 11 is 1.52. The average Bonchev–Trinajstić information content (AvgIpc) is 3.34. The summed E-state index contributed by atoms with van der Waals surface area (Å²) in [5.41, 5.74) is 2.39. The number of morpholine rings is 1. The van der Waals surface area contributed by atoms with Gasteiger partial charge in [-0.2, -0.15) is 5.10 Å². The highest BCUT2D eigenvalue weighted by atomic mass is 32.2. The summed E-state index contributed by atoms with van der Waals surface area (Å²) in [5.74, 6) is 0.734. The monoisotopic (exact) mass is 411 g/mol. The maximum absolute atomic E-state index is 13.2. The number of amides is 1. The van der Waals surface area contributed by atoms with Crippen LogP contribution in [0.5, 0.6) is 0 Å². The lowest BCUT2D eigenvalue weighted by atomic mass is 10.2. The van der Waals surface area contributed by atoms with E-state index in [4.69, 9.17) is 9.72 Å². The normalized spacial score (nSPS) is 18.9. The number of rotatable bonds is 3. The van der Waals surface area contributed by atoms with Gasteiger partial charge < -0.3 is 9.64 Å². The molecule has 0 aliphatic carbocycles. The van der Waals surface area contributed by atoms with Gasteiger partial charge in [-0.1, -0.05) is 30.0 Å². The first-order valence-electron chi connectivity index (χ1n) is 9.68. The van der Waals surface area contributed by atoms with Crippen LogP contribution in [0, 0.1) is 6.92 Å². The molecule has 0 saturated carbocycles. The fraction of sp³-hybridized carbons (Fsp3) is 0.400. The van der Waals surface area contributed by atoms with Gasteiger partial charge in [0.2, 0.25) is 5.91 Å². The molecular formula is C20H21N5O3S. The fourth-order valence-electron chi connectivity index (χ4n) is 3.90. The Labute approximate surface area is 171 Å². The molecule has 0 spiro atoms. The molecular weight excluding hydrogens is 390 g/mol. The van der Waals surface area contributed by atoms with Crippen LogP contribution < -0.4 is 5.56 Å². The van der Waals surface area contributed by atoms with E-state index in [1.807, 2.05) is 36.1 Å². The molecule has 0 N–H and O–H groups in total. The van der Waals surface area contributed by atoms with Crippen molar-refractivity contribution in [2.45, 2.75) is 24.5 Å². The number of benzene rings is 1. The lowest BCUT2D eigenvalue weighted by molar-refractivity contribution is -0.135. The molecule has 1 fully saturated rings. The van der Waals surface area contributed by atoms with E-state index in [0.717, 1.165) is 11.3 Å². The lowest BCUT2D eigenvalue weighted by Gasteiger charge is -2.28. The Morgan fingerprint density at radius 1 is 1.28 bits per heavy atom. The maximum Gasteiger partial charge on any atom is 0.265 e. The van der Waals surface area contributed by atoms with Crippen LogP contribution in [0.3, 0.4) is 0 Å². The molecule has 1 unspecified atom stereocenters. The zero-order valence-corrected chi connectivity index (χ0v) is 16.9. The molecule has 150 valence electrons. The molecule has 5 rings (SSSR count). The van der Waals surface area contributed by atoms with Crippen molar-refractivity contribution in [1.29, 1.82) is 0 Å². The van der Waals surface area contributed by atoms with E-state index >= 15 is 0 Å². The average molecular weight is 411 g/mol. The second-order valence-electron chi connectivity index (χ2n) is 7.31. The molecule has 2 aliphatic heterocycles. The third-order valence-electron chi connectivity index (χ3n) is 5.49. The van der Waals surface area contributed by atoms with E-state index in [2.05, 4.69) is 5.10 Å². The standard InChI is InChI=1S/C20H21N5O3S/c1-13-4-2-3-5-16(13)25-18-15(11-21-25)19(27)24-14(12-29-20(24)22-18)10-17(26)23-6-8-28-9-7-23/h2-5,11,14H,6-10,12H2,1H3. The van der Waals surface area contributed by atoms with Crippen molar-refractivity contribution >= 4 is 28.7 Å². The minimum atomic E-state index is -0.184. The number of carbonyl (C=O) groups excluding carboxylic acids is 1. The predicted molar refractivity (Wildman–Crippen MR) is 110 cm³/mol. The molecule has 1 saturated heterocycles. The van der Waals surface area contributed by atoms with Crippen molar-refractivity contribution in [2.75, 3.05) is 32.1 Å². The molecule has 0 radical (unpaired) electrons. The summed E-state index contributed by atoms with van der Waals surface area (Å²) in [6, 6.07) is 7.70. The smallest absolute Gasteiger partial charge is 0.265 e. The van der Waals surface area contributed by atoms with E-state index in [0.29, 0.717) is 54.7 Å². The molecule has 1 aromatic carbocycles. The van der Waals surface area contributed by atoms with Crippen LogP contribution in [-0.4, -0.2) is 62.2 Å². The third kappa shape index (κ3) is 3.14. The maximum atomic E-state index is 13.2. The topological polar surface area (TPSA) is 82.2 Å². The third-order valence-corrected chi connectivity index (χ3v) is 6.59. The second-order valence-corrected chi connectivity index (χ2v) is 8.30. The summed E-state index contributed by atoms with van der Waals surface area (Å²) in [7, 11) is 0. The minimum absolute atomic E-state index is 0.0642. The van der Waals surface area contributed by atoms with E-state index in [1.54, 1.807) is 15.4 Å². The number of nitrogens with zero attached hydrogens (tertiary/aromatic N) is 5. The van der Waals surface area contributed by atoms with Gasteiger partial charge in [-0.3, -0.25) is 14.2 Å². The van der Waals surface area contributed by atoms with Gasteiger partial charge in [-0.25, -0.2) is 9.67 Å². The lowest BCUT2D eigenvalue weighted by Crippen LogP contribution is -2.42. The van der Waals surface area contributed by atoms with Crippen molar-refractivity contribution < 1.29 is 9.53 Å². The highest BCUT2D eigenvalue weighted by Gasteiger charge is 2.31. The van der Waals surface area contributed by atoms with Gasteiger partial charge in [0.15, 0.2) is 10.8 Å². The number of hydrogen-bond acceptors (Lipinski definition) is 6. The number of aryl methyl sites for hydroxylation is 1. The Balaban J connectivity index is 1.50. The van der Waals surface area contributed by atoms with E-state index in [9.17, 15) is 9.59 Å². The summed E-state index contributed by atoms with van der Waals surface area (Å²) in [5, 5.41) is 5.56. The molecule has 2 aliphatic rings. The van der Waals surface area contributed by atoms with Gasteiger partial charge >= 0.3 is 0 Å². The van der Waals surface area contributed by atoms with Crippen LogP contribution in [0.25, 0.3) is 16.7 Å². The number of carbonyl (C=O) groups is 1. The van der Waals surface area contributed by atoms with Gasteiger partial charge in [-0.15, -0.1) is 0 Å². The number of ether oxygens (including phenoxy) is 1.